The second-order valence-corrected chi connectivity index (χ2v) is 7.24. The van der Waals surface area contributed by atoms with Crippen LogP contribution in [0.5, 0.6) is 0 Å². The number of para-hydroxylation sites is 1. The van der Waals surface area contributed by atoms with Crippen LogP contribution in [0, 0.1) is 0 Å². The normalized spacial score (nSPS) is 11.0. The van der Waals surface area contributed by atoms with Gasteiger partial charge >= 0.3 is 0 Å². The first-order valence-corrected chi connectivity index (χ1v) is 10.4. The van der Waals surface area contributed by atoms with E-state index in [2.05, 4.69) is 20.5 Å². The molecule has 0 aliphatic carbocycles. The molecule has 32 heavy (non-hydrogen) atoms. The molecule has 1 amide bonds. The van der Waals surface area contributed by atoms with E-state index in [1.54, 1.807) is 21.9 Å². The van der Waals surface area contributed by atoms with Crippen molar-refractivity contribution in [3.8, 4) is 16.9 Å². The monoisotopic (exact) mass is 423 g/mol. The van der Waals surface area contributed by atoms with E-state index in [9.17, 15) is 4.79 Å². The summed E-state index contributed by atoms with van der Waals surface area (Å²) in [4.78, 5) is 22.2. The summed E-state index contributed by atoms with van der Waals surface area (Å²) in [5.41, 5.74) is 3.79. The lowest BCUT2D eigenvalue weighted by molar-refractivity contribution is 0.0951. The van der Waals surface area contributed by atoms with Crippen molar-refractivity contribution in [3.63, 3.8) is 0 Å². The minimum atomic E-state index is -0.221. The zero-order valence-corrected chi connectivity index (χ0v) is 17.5. The van der Waals surface area contributed by atoms with E-state index in [1.165, 1.54) is 0 Å². The van der Waals surface area contributed by atoms with Crippen molar-refractivity contribution in [1.29, 1.82) is 0 Å². The Bertz CT molecular complexity index is 1370. The van der Waals surface area contributed by atoms with Gasteiger partial charge in [0.2, 0.25) is 0 Å². The number of aryl methyl sites for hydroxylation is 1. The predicted octanol–water partition coefficient (Wildman–Crippen LogP) is 3.63. The molecule has 158 valence electrons. The molecule has 0 radical (unpaired) electrons. The summed E-state index contributed by atoms with van der Waals surface area (Å²) in [6.45, 7) is 2.87. The number of rotatable bonds is 6. The maximum atomic E-state index is 13.2. The van der Waals surface area contributed by atoms with Crippen LogP contribution in [-0.2, 0) is 13.1 Å². The summed E-state index contributed by atoms with van der Waals surface area (Å²) in [5, 5.41) is 12.5. The molecular weight excluding hydrogens is 402 g/mol. The number of amides is 1. The molecule has 0 unspecified atom stereocenters. The van der Waals surface area contributed by atoms with Crippen LogP contribution in [0.3, 0.4) is 0 Å². The lowest BCUT2D eigenvalue weighted by Crippen LogP contribution is -2.24. The molecule has 0 saturated carbocycles. The van der Waals surface area contributed by atoms with E-state index in [0.717, 1.165) is 16.9 Å². The minimum absolute atomic E-state index is 0.213. The van der Waals surface area contributed by atoms with Gasteiger partial charge in [0, 0.05) is 12.1 Å². The van der Waals surface area contributed by atoms with Crippen LogP contribution in [0.4, 0.5) is 0 Å². The van der Waals surface area contributed by atoms with Gasteiger partial charge in [-0.25, -0.2) is 19.3 Å². The largest absolute Gasteiger partial charge is 0.345 e. The first kappa shape index (κ1) is 19.6. The van der Waals surface area contributed by atoms with Crippen LogP contribution >= 0.6 is 0 Å². The second kappa shape index (κ2) is 8.43. The molecule has 0 saturated heterocycles. The number of fused-ring (bicyclic) bond motifs is 1. The van der Waals surface area contributed by atoms with Crippen LogP contribution in [0.2, 0.25) is 0 Å². The number of nitrogens with one attached hydrogen (secondary N) is 1. The first-order chi connectivity index (χ1) is 15.7. The van der Waals surface area contributed by atoms with Crippen molar-refractivity contribution in [2.24, 2.45) is 0 Å². The van der Waals surface area contributed by atoms with Crippen molar-refractivity contribution in [2.75, 3.05) is 0 Å². The zero-order chi connectivity index (χ0) is 21.9. The molecular formula is C24H21N7O. The number of carbonyl (C=O) groups excluding carboxylic acids is 1. The Hall–Kier alpha value is -4.33. The summed E-state index contributed by atoms with van der Waals surface area (Å²) < 4.78 is 3.48. The molecule has 1 N–H and O–H groups in total. The van der Waals surface area contributed by atoms with Crippen LogP contribution in [0.1, 0.15) is 23.1 Å². The lowest BCUT2D eigenvalue weighted by atomic mass is 10.1. The third-order valence-electron chi connectivity index (χ3n) is 5.19. The molecule has 0 fully saturated rings. The number of nitrogens with zero attached hydrogens (tertiary/aromatic N) is 6. The molecule has 5 rings (SSSR count). The Balaban J connectivity index is 1.43. The summed E-state index contributed by atoms with van der Waals surface area (Å²) in [6, 6.07) is 21.3. The molecule has 0 aliphatic rings. The number of carbonyl (C=O) groups is 1. The Morgan fingerprint density at radius 2 is 1.78 bits per heavy atom. The SMILES string of the molecule is CCn1ncc2c(C(=O)NCc3ncn(-c4ccccc4)n3)cc(-c3ccccc3)nc21. The van der Waals surface area contributed by atoms with Gasteiger partial charge in [-0.05, 0) is 25.1 Å². The highest BCUT2D eigenvalue weighted by atomic mass is 16.1. The molecule has 5 aromatic rings. The molecule has 8 nitrogen and oxygen atoms in total. The fourth-order valence-electron chi connectivity index (χ4n) is 3.56. The highest BCUT2D eigenvalue weighted by Crippen LogP contribution is 2.25. The molecule has 3 aromatic heterocycles. The van der Waals surface area contributed by atoms with Crippen molar-refractivity contribution in [1.82, 2.24) is 34.8 Å². The summed E-state index contributed by atoms with van der Waals surface area (Å²) in [5.74, 6) is 0.307. The number of hydrogen-bond acceptors (Lipinski definition) is 5. The summed E-state index contributed by atoms with van der Waals surface area (Å²) in [7, 11) is 0. The van der Waals surface area contributed by atoms with E-state index in [0.29, 0.717) is 29.0 Å². The maximum Gasteiger partial charge on any atom is 0.252 e. The van der Waals surface area contributed by atoms with E-state index < -0.39 is 0 Å². The quantitative estimate of drug-likeness (QED) is 0.450. The maximum absolute atomic E-state index is 13.2. The van der Waals surface area contributed by atoms with Gasteiger partial charge in [0.15, 0.2) is 11.5 Å². The number of pyridine rings is 1. The van der Waals surface area contributed by atoms with Gasteiger partial charge in [0.25, 0.3) is 5.91 Å². The molecule has 2 aromatic carbocycles. The molecule has 8 heteroatoms. The Morgan fingerprint density at radius 3 is 2.53 bits per heavy atom. The molecule has 0 atom stereocenters. The minimum Gasteiger partial charge on any atom is -0.345 e. The van der Waals surface area contributed by atoms with Crippen LogP contribution in [0.25, 0.3) is 28.0 Å². The van der Waals surface area contributed by atoms with Crippen molar-refractivity contribution in [3.05, 3.63) is 90.6 Å². The Morgan fingerprint density at radius 1 is 1.03 bits per heavy atom. The van der Waals surface area contributed by atoms with Crippen molar-refractivity contribution in [2.45, 2.75) is 20.0 Å². The first-order valence-electron chi connectivity index (χ1n) is 10.4. The standard InChI is InChI=1S/C24H21N7O/c1-2-30-23-20(14-27-30)19(13-21(28-23)17-9-5-3-6-10-17)24(32)25-15-22-26-16-31(29-22)18-11-7-4-8-12-18/h3-14,16H,2,15H2,1H3,(H,25,32). The Labute approximate surface area is 184 Å². The molecule has 0 bridgehead atoms. The average Bonchev–Trinajstić information content (AvgIpc) is 3.50. The van der Waals surface area contributed by atoms with Crippen LogP contribution in [-0.4, -0.2) is 35.4 Å². The zero-order valence-electron chi connectivity index (χ0n) is 17.5. The van der Waals surface area contributed by atoms with E-state index in [4.69, 9.17) is 4.98 Å². The average molecular weight is 423 g/mol. The highest BCUT2D eigenvalue weighted by molar-refractivity contribution is 6.06. The van der Waals surface area contributed by atoms with Gasteiger partial charge in [-0.1, -0.05) is 48.5 Å². The van der Waals surface area contributed by atoms with E-state index in [-0.39, 0.29) is 12.5 Å². The Kier molecular flexibility index (Phi) is 5.17. The number of hydrogen-bond donors (Lipinski definition) is 1. The fraction of sp³-hybridized carbons (Fsp3) is 0.125. The van der Waals surface area contributed by atoms with Crippen molar-refractivity contribution >= 4 is 16.9 Å². The third kappa shape index (κ3) is 3.74. The van der Waals surface area contributed by atoms with Gasteiger partial charge in [0.1, 0.15) is 6.33 Å². The topological polar surface area (TPSA) is 90.5 Å². The predicted molar refractivity (Wildman–Crippen MR) is 121 cm³/mol. The van der Waals surface area contributed by atoms with E-state index in [1.807, 2.05) is 73.7 Å². The summed E-state index contributed by atoms with van der Waals surface area (Å²) >= 11 is 0. The molecule has 3 heterocycles. The second-order valence-electron chi connectivity index (χ2n) is 7.24. The summed E-state index contributed by atoms with van der Waals surface area (Å²) in [6.07, 6.45) is 3.33. The highest BCUT2D eigenvalue weighted by Gasteiger charge is 2.17. The molecule has 0 spiro atoms. The van der Waals surface area contributed by atoms with Crippen LogP contribution < -0.4 is 5.32 Å². The lowest BCUT2D eigenvalue weighted by Gasteiger charge is -2.09. The number of aromatic nitrogens is 6. The van der Waals surface area contributed by atoms with Crippen LogP contribution in [0.15, 0.2) is 79.3 Å². The van der Waals surface area contributed by atoms with Crippen molar-refractivity contribution < 1.29 is 4.79 Å². The molecule has 0 aliphatic heterocycles. The van der Waals surface area contributed by atoms with E-state index >= 15 is 0 Å². The van der Waals surface area contributed by atoms with Gasteiger partial charge in [-0.2, -0.15) is 5.10 Å². The van der Waals surface area contributed by atoms with Gasteiger partial charge in [0.05, 0.1) is 35.1 Å². The van der Waals surface area contributed by atoms with Gasteiger partial charge in [-0.3, -0.25) is 4.79 Å². The number of benzene rings is 2. The smallest absolute Gasteiger partial charge is 0.252 e. The van der Waals surface area contributed by atoms with Gasteiger partial charge < -0.3 is 5.32 Å². The third-order valence-corrected chi connectivity index (χ3v) is 5.19. The fourth-order valence-corrected chi connectivity index (χ4v) is 3.56. The van der Waals surface area contributed by atoms with Gasteiger partial charge in [-0.15, -0.1) is 5.10 Å².